The molecule has 250 valence electrons. The summed E-state index contributed by atoms with van der Waals surface area (Å²) in [5.41, 5.74) is 6.48. The number of hydrogen-bond acceptors (Lipinski definition) is 6. The zero-order valence-electron chi connectivity index (χ0n) is 27.0. The van der Waals surface area contributed by atoms with Crippen LogP contribution in [0.2, 0.25) is 0 Å². The third kappa shape index (κ3) is 8.92. The van der Waals surface area contributed by atoms with Crippen molar-refractivity contribution < 1.29 is 36.0 Å². The predicted octanol–water partition coefficient (Wildman–Crippen LogP) is 6.57. The number of allylic oxidation sites excluding steroid dienone is 8. The van der Waals surface area contributed by atoms with Gasteiger partial charge < -0.3 is 10.4 Å². The Hall–Kier alpha value is -3.35. The lowest BCUT2D eigenvalue weighted by molar-refractivity contribution is -0.438. The van der Waals surface area contributed by atoms with Gasteiger partial charge in [-0.1, -0.05) is 80.6 Å². The zero-order valence-corrected chi connectivity index (χ0v) is 28.6. The van der Waals surface area contributed by atoms with Crippen molar-refractivity contribution in [1.82, 2.24) is 0 Å². The van der Waals surface area contributed by atoms with E-state index in [0.29, 0.717) is 38.8 Å². The van der Waals surface area contributed by atoms with Crippen LogP contribution in [0.3, 0.4) is 0 Å². The van der Waals surface area contributed by atoms with Crippen molar-refractivity contribution in [2.75, 3.05) is 29.5 Å². The molecule has 2 aromatic carbocycles. The summed E-state index contributed by atoms with van der Waals surface area (Å²) in [6, 6.07) is 16.5. The number of rotatable bonds is 14. The molecule has 3 N–H and O–H groups in total. The molecule has 2 aliphatic rings. The number of fused-ring (bicyclic) bond motifs is 2. The van der Waals surface area contributed by atoms with E-state index in [-0.39, 0.29) is 27.8 Å². The fourth-order valence-electron chi connectivity index (χ4n) is 6.36. The van der Waals surface area contributed by atoms with E-state index in [2.05, 4.69) is 73.6 Å². The molecule has 2 heterocycles. The molecule has 2 aromatic rings. The van der Waals surface area contributed by atoms with Crippen LogP contribution in [-0.4, -0.2) is 66.3 Å². The van der Waals surface area contributed by atoms with Crippen LogP contribution in [-0.2, 0) is 31.1 Å². The molecule has 0 bridgehead atoms. The van der Waals surface area contributed by atoms with Gasteiger partial charge >= 0.3 is 0 Å². The van der Waals surface area contributed by atoms with Crippen molar-refractivity contribution in [3.8, 4) is 0 Å². The van der Waals surface area contributed by atoms with E-state index in [0.717, 1.165) is 22.8 Å². The largest absolute Gasteiger partial charge is 0.870 e. The summed E-state index contributed by atoms with van der Waals surface area (Å²) < 4.78 is 65.2. The molecule has 0 radical (unpaired) electrons. The Labute approximate surface area is 274 Å². The van der Waals surface area contributed by atoms with Gasteiger partial charge in [-0.2, -0.15) is 21.4 Å². The fraction of sp³-hybridized carbons (Fsp3) is 0.400. The lowest BCUT2D eigenvalue weighted by Gasteiger charge is -2.27. The Morgan fingerprint density at radius 2 is 1.28 bits per heavy atom. The van der Waals surface area contributed by atoms with Crippen molar-refractivity contribution in [3.05, 3.63) is 108 Å². The smallest absolute Gasteiger partial charge is 0.264 e. The average Bonchev–Trinajstić information content (AvgIpc) is 3.30. The van der Waals surface area contributed by atoms with Crippen LogP contribution in [0, 0.1) is 0 Å². The Bertz CT molecular complexity index is 1770. The summed E-state index contributed by atoms with van der Waals surface area (Å²) in [5, 5.41) is 0. The molecular weight excluding hydrogens is 625 g/mol. The second kappa shape index (κ2) is 15.0. The van der Waals surface area contributed by atoms with Crippen molar-refractivity contribution >= 4 is 37.3 Å². The van der Waals surface area contributed by atoms with Gasteiger partial charge in [0.05, 0.1) is 16.9 Å². The minimum absolute atomic E-state index is 0. The normalized spacial score (nSPS) is 18.2. The topological polar surface area (TPSA) is 145 Å². The first-order valence-electron chi connectivity index (χ1n) is 15.4. The number of unbranched alkanes of at least 4 members (excludes halogenated alkanes) is 2. The van der Waals surface area contributed by atoms with Crippen LogP contribution >= 0.6 is 0 Å². The maximum atomic E-state index is 11.2. The molecule has 0 aromatic heterocycles. The van der Waals surface area contributed by atoms with E-state index in [1.54, 1.807) is 0 Å². The van der Waals surface area contributed by atoms with E-state index in [9.17, 15) is 16.8 Å². The van der Waals surface area contributed by atoms with Gasteiger partial charge in [0, 0.05) is 47.5 Å². The van der Waals surface area contributed by atoms with Gasteiger partial charge in [0.25, 0.3) is 20.2 Å². The van der Waals surface area contributed by atoms with Crippen LogP contribution in [0.15, 0.2) is 96.8 Å². The predicted molar refractivity (Wildman–Crippen MR) is 185 cm³/mol. The van der Waals surface area contributed by atoms with Crippen LogP contribution in [0.25, 0.3) is 0 Å². The van der Waals surface area contributed by atoms with Gasteiger partial charge in [-0.3, -0.25) is 9.11 Å². The lowest BCUT2D eigenvalue weighted by Crippen LogP contribution is -2.28. The number of benzene rings is 2. The molecule has 0 saturated carbocycles. The second-order valence-electron chi connectivity index (χ2n) is 12.6. The number of para-hydroxylation sites is 2. The molecule has 4 rings (SSSR count). The third-order valence-electron chi connectivity index (χ3n) is 8.62. The van der Waals surface area contributed by atoms with Gasteiger partial charge in [-0.05, 0) is 50.8 Å². The Morgan fingerprint density at radius 1 is 0.717 bits per heavy atom. The molecule has 9 nitrogen and oxygen atoms in total. The van der Waals surface area contributed by atoms with Gasteiger partial charge in [0.2, 0.25) is 5.69 Å². The van der Waals surface area contributed by atoms with Crippen molar-refractivity contribution in [3.63, 3.8) is 0 Å². The SMILES string of the molecule is CC1(C)C(/C=C/C=C/C=C/C=C2\N(CCCCS(=O)(=O)O)c3ccccc3C2(C)C)=[N+](CCCCS(=O)(=O)O)c2ccccc21.[OH-]. The van der Waals surface area contributed by atoms with Gasteiger partial charge in [-0.25, -0.2) is 0 Å². The van der Waals surface area contributed by atoms with Gasteiger partial charge in [0.1, 0.15) is 6.54 Å². The number of nitrogens with zero attached hydrogens (tertiary/aromatic N) is 2. The summed E-state index contributed by atoms with van der Waals surface area (Å²) in [5.74, 6) is -0.477. The second-order valence-corrected chi connectivity index (χ2v) is 15.8. The highest BCUT2D eigenvalue weighted by Gasteiger charge is 2.43. The first-order valence-corrected chi connectivity index (χ1v) is 18.6. The molecule has 0 atom stereocenters. The van der Waals surface area contributed by atoms with Gasteiger partial charge in [-0.15, -0.1) is 0 Å². The van der Waals surface area contributed by atoms with Crippen LogP contribution in [0.5, 0.6) is 0 Å². The first kappa shape index (κ1) is 37.1. The van der Waals surface area contributed by atoms with Crippen LogP contribution < -0.4 is 4.90 Å². The highest BCUT2D eigenvalue weighted by molar-refractivity contribution is 7.86. The van der Waals surface area contributed by atoms with E-state index in [1.807, 2.05) is 54.6 Å². The summed E-state index contributed by atoms with van der Waals surface area (Å²) in [7, 11) is -7.94. The molecule has 46 heavy (non-hydrogen) atoms. The van der Waals surface area contributed by atoms with Gasteiger partial charge in [0.15, 0.2) is 5.71 Å². The monoisotopic (exact) mass is 670 g/mol. The van der Waals surface area contributed by atoms with E-state index < -0.39 is 20.2 Å². The molecule has 0 aliphatic carbocycles. The van der Waals surface area contributed by atoms with E-state index in [1.165, 1.54) is 11.1 Å². The third-order valence-corrected chi connectivity index (χ3v) is 10.2. The molecular formula is C35H46N2O7S2. The fourth-order valence-corrected chi connectivity index (χ4v) is 7.50. The summed E-state index contributed by atoms with van der Waals surface area (Å²) in [6.07, 6.45) is 16.2. The maximum Gasteiger partial charge on any atom is 0.264 e. The standard InChI is InChI=1S/C35H44N2O6S2.H2O/c1-34(2)28-18-10-12-20-30(28)36(24-14-16-26-44(38,39)40)32(34)22-8-6-5-7-9-23-33-35(3,4)29-19-11-13-21-31(29)37(33)25-15-17-27-45(41,42)43;/h5-13,18-23H,14-17,24-27H2,1-4H3,(H-,38,39,40,41,42,43);1H2. The Kier molecular flexibility index (Phi) is 12.1. The molecule has 2 aliphatic heterocycles. The minimum Gasteiger partial charge on any atom is -0.870 e. The first-order chi connectivity index (χ1) is 21.1. The maximum absolute atomic E-state index is 11.2. The van der Waals surface area contributed by atoms with Crippen molar-refractivity contribution in [2.24, 2.45) is 0 Å². The van der Waals surface area contributed by atoms with E-state index >= 15 is 0 Å². The van der Waals surface area contributed by atoms with E-state index in [4.69, 9.17) is 9.11 Å². The molecule has 0 amide bonds. The highest BCUT2D eigenvalue weighted by Crippen LogP contribution is 2.47. The van der Waals surface area contributed by atoms with Crippen LogP contribution in [0.4, 0.5) is 11.4 Å². The summed E-state index contributed by atoms with van der Waals surface area (Å²) in [4.78, 5) is 2.24. The molecule has 11 heteroatoms. The Balaban J connectivity index is 0.00000576. The minimum atomic E-state index is -3.97. The lowest BCUT2D eigenvalue weighted by atomic mass is 9.81. The molecule has 0 fully saturated rings. The summed E-state index contributed by atoms with van der Waals surface area (Å²) >= 11 is 0. The highest BCUT2D eigenvalue weighted by atomic mass is 32.2. The quantitative estimate of drug-likeness (QED) is 0.0994. The molecule has 0 saturated heterocycles. The number of hydrogen-bond donors (Lipinski definition) is 2. The summed E-state index contributed by atoms with van der Waals surface area (Å²) in [6.45, 7) is 10.1. The van der Waals surface area contributed by atoms with Crippen LogP contribution in [0.1, 0.15) is 64.5 Å². The molecule has 0 spiro atoms. The number of anilines is 1. The van der Waals surface area contributed by atoms with Crippen molar-refractivity contribution in [2.45, 2.75) is 64.2 Å². The average molecular weight is 671 g/mol. The Morgan fingerprint density at radius 3 is 1.96 bits per heavy atom. The zero-order chi connectivity index (χ0) is 32.9. The van der Waals surface area contributed by atoms with Crippen molar-refractivity contribution in [1.29, 1.82) is 0 Å². The molecule has 0 unspecified atom stereocenters.